The Balaban J connectivity index is 1.25. The predicted octanol–water partition coefficient (Wildman–Crippen LogP) is 0.254. The predicted molar refractivity (Wildman–Crippen MR) is 99.9 cm³/mol. The average molecular weight is 367 g/mol. The number of esters is 1. The fraction of sp³-hybridized carbons (Fsp3) is 0.895. The molecule has 0 aromatic carbocycles. The van der Waals surface area contributed by atoms with Crippen molar-refractivity contribution in [3.05, 3.63) is 0 Å². The van der Waals surface area contributed by atoms with Crippen LogP contribution in [0.15, 0.2) is 0 Å². The smallest absolute Gasteiger partial charge is 0.320 e. The SMILES string of the molecule is CN1CCN(C2CCN(CC(=O)OCCCN3CCCC3=O)CC2)CC1. The molecule has 7 nitrogen and oxygen atoms in total. The number of ether oxygens (including phenoxy) is 1. The molecule has 148 valence electrons. The van der Waals surface area contributed by atoms with E-state index >= 15 is 0 Å². The first-order valence-corrected chi connectivity index (χ1v) is 10.2. The highest BCUT2D eigenvalue weighted by Gasteiger charge is 2.27. The Morgan fingerprint density at radius 1 is 1.08 bits per heavy atom. The van der Waals surface area contributed by atoms with Gasteiger partial charge in [0, 0.05) is 64.8 Å². The van der Waals surface area contributed by atoms with Crippen molar-refractivity contribution in [2.75, 3.05) is 72.6 Å². The van der Waals surface area contributed by atoms with Crippen LogP contribution in [0.4, 0.5) is 0 Å². The highest BCUT2D eigenvalue weighted by molar-refractivity contribution is 5.78. The summed E-state index contributed by atoms with van der Waals surface area (Å²) in [5.41, 5.74) is 0. The van der Waals surface area contributed by atoms with Crippen LogP contribution in [0.2, 0.25) is 0 Å². The molecule has 0 spiro atoms. The lowest BCUT2D eigenvalue weighted by atomic mass is 10.0. The Bertz CT molecular complexity index is 471. The van der Waals surface area contributed by atoms with Crippen molar-refractivity contribution < 1.29 is 14.3 Å². The van der Waals surface area contributed by atoms with E-state index in [0.29, 0.717) is 32.2 Å². The van der Waals surface area contributed by atoms with Crippen LogP contribution in [-0.4, -0.2) is 110 Å². The molecular weight excluding hydrogens is 332 g/mol. The molecule has 3 saturated heterocycles. The summed E-state index contributed by atoms with van der Waals surface area (Å²) in [6, 6.07) is 0.675. The topological polar surface area (TPSA) is 56.3 Å². The van der Waals surface area contributed by atoms with Crippen molar-refractivity contribution in [3.63, 3.8) is 0 Å². The highest BCUT2D eigenvalue weighted by Crippen LogP contribution is 2.18. The summed E-state index contributed by atoms with van der Waals surface area (Å²) in [6.07, 6.45) is 4.66. The second-order valence-corrected chi connectivity index (χ2v) is 7.90. The molecule has 0 radical (unpaired) electrons. The number of piperidine rings is 1. The third-order valence-corrected chi connectivity index (χ3v) is 5.97. The van der Waals surface area contributed by atoms with Crippen LogP contribution in [0.5, 0.6) is 0 Å². The fourth-order valence-corrected chi connectivity index (χ4v) is 4.24. The number of rotatable bonds is 7. The molecule has 0 saturated carbocycles. The molecule has 7 heteroatoms. The Labute approximate surface area is 157 Å². The molecule has 3 heterocycles. The molecule has 3 fully saturated rings. The number of amides is 1. The number of likely N-dealkylation sites (tertiary alicyclic amines) is 2. The van der Waals surface area contributed by atoms with Gasteiger partial charge in [-0.25, -0.2) is 0 Å². The van der Waals surface area contributed by atoms with Crippen molar-refractivity contribution >= 4 is 11.9 Å². The normalized spacial score (nSPS) is 24.3. The van der Waals surface area contributed by atoms with Gasteiger partial charge in [-0.2, -0.15) is 0 Å². The Morgan fingerprint density at radius 2 is 1.81 bits per heavy atom. The largest absolute Gasteiger partial charge is 0.465 e. The monoisotopic (exact) mass is 366 g/mol. The Hall–Kier alpha value is -1.18. The van der Waals surface area contributed by atoms with E-state index in [9.17, 15) is 9.59 Å². The molecule has 3 aliphatic rings. The van der Waals surface area contributed by atoms with Crippen LogP contribution in [0.25, 0.3) is 0 Å². The second-order valence-electron chi connectivity index (χ2n) is 7.90. The third-order valence-electron chi connectivity index (χ3n) is 5.97. The second kappa shape index (κ2) is 9.67. The van der Waals surface area contributed by atoms with Gasteiger partial charge in [0.2, 0.25) is 5.91 Å². The van der Waals surface area contributed by atoms with E-state index in [2.05, 4.69) is 21.7 Å². The Kier molecular flexibility index (Phi) is 7.28. The van der Waals surface area contributed by atoms with E-state index in [1.807, 2.05) is 4.90 Å². The van der Waals surface area contributed by atoms with Gasteiger partial charge in [-0.05, 0) is 32.7 Å². The quantitative estimate of drug-likeness (QED) is 0.476. The molecule has 3 rings (SSSR count). The molecule has 3 aliphatic heterocycles. The number of piperazine rings is 1. The van der Waals surface area contributed by atoms with Gasteiger partial charge in [-0.1, -0.05) is 0 Å². The minimum absolute atomic E-state index is 0.129. The minimum Gasteiger partial charge on any atom is -0.465 e. The summed E-state index contributed by atoms with van der Waals surface area (Å²) in [6.45, 7) is 9.01. The maximum absolute atomic E-state index is 12.0. The van der Waals surface area contributed by atoms with E-state index in [4.69, 9.17) is 4.74 Å². The summed E-state index contributed by atoms with van der Waals surface area (Å²) >= 11 is 0. The summed E-state index contributed by atoms with van der Waals surface area (Å²) < 4.78 is 5.36. The summed E-state index contributed by atoms with van der Waals surface area (Å²) in [4.78, 5) is 32.7. The van der Waals surface area contributed by atoms with Gasteiger partial charge in [-0.15, -0.1) is 0 Å². The van der Waals surface area contributed by atoms with Gasteiger partial charge in [0.15, 0.2) is 0 Å². The molecule has 0 bridgehead atoms. The van der Waals surface area contributed by atoms with Crippen molar-refractivity contribution in [2.24, 2.45) is 0 Å². The molecule has 0 aliphatic carbocycles. The van der Waals surface area contributed by atoms with E-state index in [1.54, 1.807) is 0 Å². The molecule has 1 amide bonds. The van der Waals surface area contributed by atoms with Gasteiger partial charge in [-0.3, -0.25) is 19.4 Å². The first kappa shape index (κ1) is 19.6. The lowest BCUT2D eigenvalue weighted by molar-refractivity contribution is -0.145. The van der Waals surface area contributed by atoms with Crippen molar-refractivity contribution in [1.82, 2.24) is 19.6 Å². The van der Waals surface area contributed by atoms with Crippen LogP contribution in [0, 0.1) is 0 Å². The van der Waals surface area contributed by atoms with E-state index < -0.39 is 0 Å². The van der Waals surface area contributed by atoms with Gasteiger partial charge in [0.1, 0.15) is 0 Å². The molecular formula is C19H34N4O3. The van der Waals surface area contributed by atoms with Crippen LogP contribution < -0.4 is 0 Å². The number of nitrogens with zero attached hydrogens (tertiary/aromatic N) is 4. The zero-order valence-corrected chi connectivity index (χ0v) is 16.2. The van der Waals surface area contributed by atoms with E-state index in [0.717, 1.165) is 58.4 Å². The number of carbonyl (C=O) groups excluding carboxylic acids is 2. The third kappa shape index (κ3) is 5.66. The summed E-state index contributed by atoms with van der Waals surface area (Å²) in [5, 5.41) is 0. The molecule has 0 atom stereocenters. The highest BCUT2D eigenvalue weighted by atomic mass is 16.5. The summed E-state index contributed by atoms with van der Waals surface area (Å²) in [7, 11) is 2.19. The zero-order chi connectivity index (χ0) is 18.4. The summed E-state index contributed by atoms with van der Waals surface area (Å²) in [5.74, 6) is 0.107. The van der Waals surface area contributed by atoms with Crippen LogP contribution >= 0.6 is 0 Å². The average Bonchev–Trinajstić information content (AvgIpc) is 3.05. The van der Waals surface area contributed by atoms with Crippen molar-refractivity contribution in [2.45, 2.75) is 38.1 Å². The first-order valence-electron chi connectivity index (χ1n) is 10.2. The van der Waals surface area contributed by atoms with Crippen LogP contribution in [-0.2, 0) is 14.3 Å². The molecule has 0 N–H and O–H groups in total. The Morgan fingerprint density at radius 3 is 2.46 bits per heavy atom. The number of carbonyl (C=O) groups is 2. The lowest BCUT2D eigenvalue weighted by Gasteiger charge is -2.41. The fourth-order valence-electron chi connectivity index (χ4n) is 4.24. The van der Waals surface area contributed by atoms with Crippen molar-refractivity contribution in [3.8, 4) is 0 Å². The van der Waals surface area contributed by atoms with Gasteiger partial charge in [0.25, 0.3) is 0 Å². The first-order chi connectivity index (χ1) is 12.6. The molecule has 0 unspecified atom stereocenters. The number of hydrogen-bond donors (Lipinski definition) is 0. The lowest BCUT2D eigenvalue weighted by Crippen LogP contribution is -2.52. The maximum Gasteiger partial charge on any atom is 0.320 e. The van der Waals surface area contributed by atoms with Crippen LogP contribution in [0.1, 0.15) is 32.1 Å². The minimum atomic E-state index is -0.129. The van der Waals surface area contributed by atoms with E-state index in [1.165, 1.54) is 13.1 Å². The zero-order valence-electron chi connectivity index (χ0n) is 16.2. The molecule has 26 heavy (non-hydrogen) atoms. The van der Waals surface area contributed by atoms with Gasteiger partial charge >= 0.3 is 5.97 Å². The maximum atomic E-state index is 12.0. The standard InChI is InChI=1S/C19H34N4O3/c1-20-11-13-22(14-12-20)17-5-9-21(10-6-17)16-19(25)26-15-3-8-23-7-2-4-18(23)24/h17H,2-16H2,1H3. The molecule has 0 aromatic rings. The van der Waals surface area contributed by atoms with Gasteiger partial charge in [0.05, 0.1) is 13.2 Å². The number of likely N-dealkylation sites (N-methyl/N-ethyl adjacent to an activating group) is 1. The van der Waals surface area contributed by atoms with Gasteiger partial charge < -0.3 is 14.5 Å². The van der Waals surface area contributed by atoms with Crippen LogP contribution in [0.3, 0.4) is 0 Å². The van der Waals surface area contributed by atoms with Crippen molar-refractivity contribution in [1.29, 1.82) is 0 Å². The number of hydrogen-bond acceptors (Lipinski definition) is 6. The molecule has 0 aromatic heterocycles. The van der Waals surface area contributed by atoms with E-state index in [-0.39, 0.29) is 11.9 Å².